The lowest BCUT2D eigenvalue weighted by Crippen LogP contribution is -2.46. The Kier molecular flexibility index (Phi) is 4.72. The molecule has 1 aliphatic heterocycles. The number of hydrogen-bond acceptors (Lipinski definition) is 5. The molecule has 5 heteroatoms. The van der Waals surface area contributed by atoms with Gasteiger partial charge in [-0.1, -0.05) is 18.5 Å². The van der Waals surface area contributed by atoms with Crippen LogP contribution in [0.4, 0.5) is 0 Å². The average molecular weight is 253 g/mol. The molecule has 0 unspecified atom stereocenters. The van der Waals surface area contributed by atoms with Crippen molar-refractivity contribution < 1.29 is 9.26 Å². The molecule has 102 valence electrons. The van der Waals surface area contributed by atoms with Gasteiger partial charge < -0.3 is 9.26 Å². The van der Waals surface area contributed by atoms with Crippen LogP contribution < -0.4 is 0 Å². The second kappa shape index (κ2) is 6.29. The molecular weight excluding hydrogens is 230 g/mol. The number of nitrogens with zero attached hydrogens (tertiary/aromatic N) is 3. The zero-order valence-electron chi connectivity index (χ0n) is 11.6. The number of unbranched alkanes of at least 4 members (excludes halogenated alkanes) is 1. The van der Waals surface area contributed by atoms with Crippen LogP contribution in [0, 0.1) is 0 Å². The van der Waals surface area contributed by atoms with Gasteiger partial charge in [0.2, 0.25) is 5.89 Å². The van der Waals surface area contributed by atoms with Crippen molar-refractivity contribution in [1.29, 1.82) is 0 Å². The predicted octanol–water partition coefficient (Wildman–Crippen LogP) is 2.02. The second-order valence-corrected chi connectivity index (χ2v) is 5.13. The van der Waals surface area contributed by atoms with Gasteiger partial charge in [0.1, 0.15) is 0 Å². The summed E-state index contributed by atoms with van der Waals surface area (Å²) in [6, 6.07) is 0.409. The molecule has 0 saturated carbocycles. The number of aryl methyl sites for hydroxylation is 1. The molecule has 2 rings (SSSR count). The summed E-state index contributed by atoms with van der Waals surface area (Å²) in [5, 5.41) is 4.02. The molecule has 1 aromatic rings. The molecule has 2 atom stereocenters. The maximum absolute atomic E-state index is 5.61. The lowest BCUT2D eigenvalue weighted by molar-refractivity contribution is -0.0555. The summed E-state index contributed by atoms with van der Waals surface area (Å²) in [5.74, 6) is 1.56. The first kappa shape index (κ1) is 13.5. The van der Waals surface area contributed by atoms with Crippen molar-refractivity contribution in [3.05, 3.63) is 11.7 Å². The molecular formula is C13H23N3O2. The van der Waals surface area contributed by atoms with Crippen molar-refractivity contribution in [3.8, 4) is 0 Å². The smallest absolute Gasteiger partial charge is 0.240 e. The molecule has 1 aliphatic rings. The molecule has 0 radical (unpaired) electrons. The van der Waals surface area contributed by atoms with Crippen LogP contribution in [0.5, 0.6) is 0 Å². The van der Waals surface area contributed by atoms with E-state index in [0.29, 0.717) is 6.04 Å². The lowest BCUT2D eigenvalue weighted by Gasteiger charge is -2.35. The highest BCUT2D eigenvalue weighted by atomic mass is 16.5. The molecule has 5 nitrogen and oxygen atoms in total. The summed E-state index contributed by atoms with van der Waals surface area (Å²) in [6.45, 7) is 8.86. The zero-order valence-corrected chi connectivity index (χ0v) is 11.6. The van der Waals surface area contributed by atoms with E-state index in [0.717, 1.165) is 50.7 Å². The molecule has 2 heterocycles. The van der Waals surface area contributed by atoms with E-state index in [4.69, 9.17) is 9.26 Å². The third kappa shape index (κ3) is 3.53. The van der Waals surface area contributed by atoms with Crippen LogP contribution in [0.15, 0.2) is 4.52 Å². The number of ether oxygens (including phenoxy) is 1. The summed E-state index contributed by atoms with van der Waals surface area (Å²) < 4.78 is 10.9. The highest BCUT2D eigenvalue weighted by Crippen LogP contribution is 2.14. The summed E-state index contributed by atoms with van der Waals surface area (Å²) in [6.07, 6.45) is 3.46. The van der Waals surface area contributed by atoms with Gasteiger partial charge in [-0.05, 0) is 20.3 Å². The molecule has 0 N–H and O–H groups in total. The first-order chi connectivity index (χ1) is 8.69. The van der Waals surface area contributed by atoms with Gasteiger partial charge in [0.15, 0.2) is 5.82 Å². The summed E-state index contributed by atoms with van der Waals surface area (Å²) in [4.78, 5) is 6.78. The Morgan fingerprint density at radius 2 is 2.22 bits per heavy atom. The standard InChI is InChI=1S/C13H23N3O2/c1-4-5-6-12-14-13(18-15-12)8-16-7-11(3)17-9-10(16)2/h10-11H,4-9H2,1-3H3/t10-,11-/m1/s1. The Labute approximate surface area is 108 Å². The van der Waals surface area contributed by atoms with Crippen LogP contribution in [0.25, 0.3) is 0 Å². The maximum atomic E-state index is 5.61. The first-order valence-electron chi connectivity index (χ1n) is 6.86. The molecule has 0 aliphatic carbocycles. The van der Waals surface area contributed by atoms with Gasteiger partial charge in [-0.2, -0.15) is 4.98 Å². The Morgan fingerprint density at radius 3 is 3.00 bits per heavy atom. The van der Waals surface area contributed by atoms with Crippen LogP contribution in [0.1, 0.15) is 45.3 Å². The fraction of sp³-hybridized carbons (Fsp3) is 0.846. The van der Waals surface area contributed by atoms with Gasteiger partial charge in [-0.3, -0.25) is 4.90 Å². The quantitative estimate of drug-likeness (QED) is 0.803. The van der Waals surface area contributed by atoms with E-state index >= 15 is 0 Å². The van der Waals surface area contributed by atoms with Gasteiger partial charge in [-0.25, -0.2) is 0 Å². The Bertz CT molecular complexity index is 367. The van der Waals surface area contributed by atoms with Gasteiger partial charge in [-0.15, -0.1) is 0 Å². The molecule has 1 aromatic heterocycles. The topological polar surface area (TPSA) is 51.4 Å². The van der Waals surface area contributed by atoms with Gasteiger partial charge >= 0.3 is 0 Å². The maximum Gasteiger partial charge on any atom is 0.240 e. The highest BCUT2D eigenvalue weighted by molar-refractivity contribution is 4.88. The van der Waals surface area contributed by atoms with Crippen molar-refractivity contribution in [3.63, 3.8) is 0 Å². The van der Waals surface area contributed by atoms with E-state index < -0.39 is 0 Å². The molecule has 18 heavy (non-hydrogen) atoms. The number of aromatic nitrogens is 2. The van der Waals surface area contributed by atoms with Crippen LogP contribution in [-0.2, 0) is 17.7 Å². The van der Waals surface area contributed by atoms with E-state index in [1.807, 2.05) is 0 Å². The fourth-order valence-corrected chi connectivity index (χ4v) is 2.16. The van der Waals surface area contributed by atoms with Crippen molar-refractivity contribution in [2.45, 2.75) is 58.7 Å². The molecule has 0 aromatic carbocycles. The minimum Gasteiger partial charge on any atom is -0.376 e. The average Bonchev–Trinajstić information content (AvgIpc) is 2.79. The van der Waals surface area contributed by atoms with Crippen LogP contribution in [0.3, 0.4) is 0 Å². The van der Waals surface area contributed by atoms with Gasteiger partial charge in [0.25, 0.3) is 0 Å². The number of morpholine rings is 1. The second-order valence-electron chi connectivity index (χ2n) is 5.13. The molecule has 1 fully saturated rings. The van der Waals surface area contributed by atoms with Gasteiger partial charge in [0.05, 0.1) is 19.3 Å². The van der Waals surface area contributed by atoms with E-state index in [1.54, 1.807) is 0 Å². The van der Waals surface area contributed by atoms with E-state index in [1.165, 1.54) is 0 Å². The number of hydrogen-bond donors (Lipinski definition) is 0. The third-order valence-corrected chi connectivity index (χ3v) is 3.34. The van der Waals surface area contributed by atoms with Crippen molar-refractivity contribution in [1.82, 2.24) is 15.0 Å². The summed E-state index contributed by atoms with van der Waals surface area (Å²) in [7, 11) is 0. The normalized spacial score (nSPS) is 25.5. The fourth-order valence-electron chi connectivity index (χ4n) is 2.16. The van der Waals surface area contributed by atoms with Crippen LogP contribution in [-0.4, -0.2) is 40.3 Å². The monoisotopic (exact) mass is 253 g/mol. The lowest BCUT2D eigenvalue weighted by atomic mass is 10.2. The molecule has 1 saturated heterocycles. The van der Waals surface area contributed by atoms with E-state index in [2.05, 4.69) is 35.8 Å². The zero-order chi connectivity index (χ0) is 13.0. The Balaban J connectivity index is 1.89. The molecule has 0 amide bonds. The SMILES string of the molecule is CCCCc1noc(CN2C[C@@H](C)OC[C@H]2C)n1. The molecule has 0 bridgehead atoms. The Morgan fingerprint density at radius 1 is 1.39 bits per heavy atom. The molecule has 0 spiro atoms. The minimum atomic E-state index is 0.281. The summed E-state index contributed by atoms with van der Waals surface area (Å²) >= 11 is 0. The number of rotatable bonds is 5. The van der Waals surface area contributed by atoms with Crippen molar-refractivity contribution in [2.24, 2.45) is 0 Å². The van der Waals surface area contributed by atoms with Crippen molar-refractivity contribution >= 4 is 0 Å². The summed E-state index contributed by atoms with van der Waals surface area (Å²) in [5.41, 5.74) is 0. The Hall–Kier alpha value is -0.940. The highest BCUT2D eigenvalue weighted by Gasteiger charge is 2.25. The largest absolute Gasteiger partial charge is 0.376 e. The van der Waals surface area contributed by atoms with E-state index in [-0.39, 0.29) is 6.10 Å². The van der Waals surface area contributed by atoms with Crippen LogP contribution >= 0.6 is 0 Å². The van der Waals surface area contributed by atoms with Crippen molar-refractivity contribution in [2.75, 3.05) is 13.2 Å². The third-order valence-electron chi connectivity index (χ3n) is 3.34. The first-order valence-corrected chi connectivity index (χ1v) is 6.86. The predicted molar refractivity (Wildman–Crippen MR) is 68.2 cm³/mol. The van der Waals surface area contributed by atoms with E-state index in [9.17, 15) is 0 Å². The minimum absolute atomic E-state index is 0.281. The van der Waals surface area contributed by atoms with Crippen LogP contribution in [0.2, 0.25) is 0 Å². The van der Waals surface area contributed by atoms with Gasteiger partial charge in [0, 0.05) is 19.0 Å².